The number of methoxy groups -OCH3 is 2. The van der Waals surface area contributed by atoms with Crippen molar-refractivity contribution in [3.63, 3.8) is 0 Å². The molecular weight excluding hydrogens is 278 g/mol. The third-order valence-corrected chi connectivity index (χ3v) is 3.48. The average Bonchev–Trinajstić information content (AvgIpc) is 2.54. The molecule has 3 N–H and O–H groups in total. The zero-order chi connectivity index (χ0) is 16.2. The molecule has 0 aromatic heterocycles. The summed E-state index contributed by atoms with van der Waals surface area (Å²) >= 11 is 0. The van der Waals surface area contributed by atoms with Crippen LogP contribution in [0.1, 0.15) is 38.2 Å². The molecule has 0 spiro atoms. The second kappa shape index (κ2) is 10.8. The van der Waals surface area contributed by atoms with Crippen molar-refractivity contribution in [1.29, 1.82) is 0 Å². The van der Waals surface area contributed by atoms with Crippen molar-refractivity contribution in [1.82, 2.24) is 5.32 Å². The fraction of sp³-hybridized carbons (Fsp3) is 0.588. The molecule has 124 valence electrons. The van der Waals surface area contributed by atoms with E-state index in [9.17, 15) is 0 Å². The van der Waals surface area contributed by atoms with Crippen molar-refractivity contribution in [2.75, 3.05) is 27.3 Å². The zero-order valence-electron chi connectivity index (χ0n) is 14.0. The van der Waals surface area contributed by atoms with Gasteiger partial charge < -0.3 is 20.5 Å². The first kappa shape index (κ1) is 18.1. The summed E-state index contributed by atoms with van der Waals surface area (Å²) in [5.41, 5.74) is 6.95. The van der Waals surface area contributed by atoms with Gasteiger partial charge in [-0.15, -0.1) is 0 Å². The van der Waals surface area contributed by atoms with Crippen LogP contribution in [0.25, 0.3) is 0 Å². The molecule has 1 aromatic carbocycles. The number of nitrogens with two attached hydrogens (primary N) is 1. The standard InChI is InChI=1S/C17H29N3O2/c1-4-5-6-7-11-19-17(18)20-12-10-14-13-15(21-2)8-9-16(14)22-3/h8-9,13H,4-7,10-12H2,1-3H3,(H3,18,19,20). The van der Waals surface area contributed by atoms with Crippen molar-refractivity contribution < 1.29 is 9.47 Å². The van der Waals surface area contributed by atoms with E-state index < -0.39 is 0 Å². The minimum atomic E-state index is 0.512. The molecule has 0 aliphatic carbocycles. The first-order chi connectivity index (χ1) is 10.7. The third kappa shape index (κ3) is 6.70. The summed E-state index contributed by atoms with van der Waals surface area (Å²) in [4.78, 5) is 4.33. The second-order valence-corrected chi connectivity index (χ2v) is 5.18. The number of aliphatic imine (C=N–C) groups is 1. The lowest BCUT2D eigenvalue weighted by atomic mass is 10.1. The fourth-order valence-corrected chi connectivity index (χ4v) is 2.20. The Morgan fingerprint density at radius 2 is 2.00 bits per heavy atom. The van der Waals surface area contributed by atoms with E-state index in [0.29, 0.717) is 12.5 Å². The Balaban J connectivity index is 2.38. The van der Waals surface area contributed by atoms with Gasteiger partial charge in [-0.05, 0) is 36.6 Å². The van der Waals surface area contributed by atoms with Crippen LogP contribution in [0.15, 0.2) is 23.2 Å². The highest BCUT2D eigenvalue weighted by Crippen LogP contribution is 2.23. The molecule has 0 bridgehead atoms. The fourth-order valence-electron chi connectivity index (χ4n) is 2.20. The average molecular weight is 307 g/mol. The van der Waals surface area contributed by atoms with Crippen LogP contribution in [0.5, 0.6) is 11.5 Å². The molecule has 0 atom stereocenters. The van der Waals surface area contributed by atoms with Gasteiger partial charge in [0.25, 0.3) is 0 Å². The van der Waals surface area contributed by atoms with Crippen LogP contribution in [0.4, 0.5) is 0 Å². The van der Waals surface area contributed by atoms with E-state index in [2.05, 4.69) is 17.2 Å². The number of guanidine groups is 1. The molecule has 5 heteroatoms. The predicted octanol–water partition coefficient (Wildman–Crippen LogP) is 2.73. The Morgan fingerprint density at radius 1 is 1.18 bits per heavy atom. The molecule has 22 heavy (non-hydrogen) atoms. The molecule has 0 saturated carbocycles. The summed E-state index contributed by atoms with van der Waals surface area (Å²) in [6.07, 6.45) is 5.61. The van der Waals surface area contributed by atoms with Gasteiger partial charge in [-0.25, -0.2) is 0 Å². The number of nitrogens with one attached hydrogen (secondary N) is 1. The first-order valence-electron chi connectivity index (χ1n) is 7.96. The number of unbranched alkanes of at least 4 members (excludes halogenated alkanes) is 3. The van der Waals surface area contributed by atoms with Gasteiger partial charge >= 0.3 is 0 Å². The topological polar surface area (TPSA) is 68.9 Å². The van der Waals surface area contributed by atoms with Crippen LogP contribution in [0.2, 0.25) is 0 Å². The van der Waals surface area contributed by atoms with E-state index in [4.69, 9.17) is 15.2 Å². The molecule has 0 saturated heterocycles. The van der Waals surface area contributed by atoms with Gasteiger partial charge in [0.05, 0.1) is 14.2 Å². The molecule has 0 amide bonds. The van der Waals surface area contributed by atoms with E-state index in [0.717, 1.165) is 36.4 Å². The number of benzene rings is 1. The minimum Gasteiger partial charge on any atom is -0.497 e. The lowest BCUT2D eigenvalue weighted by molar-refractivity contribution is 0.398. The SMILES string of the molecule is CCCCCCN=C(N)NCCc1cc(OC)ccc1OC. The van der Waals surface area contributed by atoms with Crippen LogP contribution in [0, 0.1) is 0 Å². The highest BCUT2D eigenvalue weighted by Gasteiger charge is 2.05. The number of nitrogens with zero attached hydrogens (tertiary/aromatic N) is 1. The Labute approximate surface area is 133 Å². The first-order valence-corrected chi connectivity index (χ1v) is 7.96. The van der Waals surface area contributed by atoms with Gasteiger partial charge in [-0.1, -0.05) is 26.2 Å². The van der Waals surface area contributed by atoms with Crippen molar-refractivity contribution in [3.05, 3.63) is 23.8 Å². The number of rotatable bonds is 10. The zero-order valence-corrected chi connectivity index (χ0v) is 14.0. The van der Waals surface area contributed by atoms with Crippen LogP contribution in [-0.2, 0) is 6.42 Å². The Hall–Kier alpha value is -1.91. The lowest BCUT2D eigenvalue weighted by Crippen LogP contribution is -2.33. The molecular formula is C17H29N3O2. The van der Waals surface area contributed by atoms with Crippen molar-refractivity contribution in [2.24, 2.45) is 10.7 Å². The van der Waals surface area contributed by atoms with Gasteiger partial charge in [0.2, 0.25) is 0 Å². The van der Waals surface area contributed by atoms with Gasteiger partial charge in [-0.3, -0.25) is 4.99 Å². The number of hydrogen-bond donors (Lipinski definition) is 2. The third-order valence-electron chi connectivity index (χ3n) is 3.48. The van der Waals surface area contributed by atoms with Crippen molar-refractivity contribution >= 4 is 5.96 Å². The number of ether oxygens (including phenoxy) is 2. The normalized spacial score (nSPS) is 11.3. The largest absolute Gasteiger partial charge is 0.497 e. The lowest BCUT2D eigenvalue weighted by Gasteiger charge is -2.11. The summed E-state index contributed by atoms with van der Waals surface area (Å²) in [5, 5.41) is 3.14. The molecule has 1 aromatic rings. The van der Waals surface area contributed by atoms with E-state index in [1.165, 1.54) is 19.3 Å². The van der Waals surface area contributed by atoms with E-state index in [-0.39, 0.29) is 0 Å². The van der Waals surface area contributed by atoms with Crippen LogP contribution in [-0.4, -0.2) is 33.3 Å². The van der Waals surface area contributed by atoms with E-state index >= 15 is 0 Å². The van der Waals surface area contributed by atoms with Gasteiger partial charge in [0.1, 0.15) is 11.5 Å². The highest BCUT2D eigenvalue weighted by molar-refractivity contribution is 5.77. The van der Waals surface area contributed by atoms with E-state index in [1.807, 2.05) is 18.2 Å². The second-order valence-electron chi connectivity index (χ2n) is 5.18. The van der Waals surface area contributed by atoms with Crippen molar-refractivity contribution in [2.45, 2.75) is 39.0 Å². The predicted molar refractivity (Wildman–Crippen MR) is 91.9 cm³/mol. The summed E-state index contributed by atoms with van der Waals surface area (Å²) < 4.78 is 10.6. The Bertz CT molecular complexity index is 461. The van der Waals surface area contributed by atoms with Crippen LogP contribution in [0.3, 0.4) is 0 Å². The highest BCUT2D eigenvalue weighted by atomic mass is 16.5. The molecule has 5 nitrogen and oxygen atoms in total. The summed E-state index contributed by atoms with van der Waals surface area (Å²) in [5.74, 6) is 2.20. The maximum absolute atomic E-state index is 5.86. The van der Waals surface area contributed by atoms with Crippen LogP contribution >= 0.6 is 0 Å². The molecule has 0 aliphatic heterocycles. The van der Waals surface area contributed by atoms with Gasteiger partial charge in [0, 0.05) is 13.1 Å². The maximum Gasteiger partial charge on any atom is 0.188 e. The van der Waals surface area contributed by atoms with Gasteiger partial charge in [0.15, 0.2) is 5.96 Å². The Kier molecular flexibility index (Phi) is 8.88. The van der Waals surface area contributed by atoms with Crippen LogP contribution < -0.4 is 20.5 Å². The van der Waals surface area contributed by atoms with Gasteiger partial charge in [-0.2, -0.15) is 0 Å². The maximum atomic E-state index is 5.86. The quantitative estimate of drug-likeness (QED) is 0.396. The minimum absolute atomic E-state index is 0.512. The summed E-state index contributed by atoms with van der Waals surface area (Å²) in [7, 11) is 3.33. The summed E-state index contributed by atoms with van der Waals surface area (Å²) in [6.45, 7) is 3.71. The number of hydrogen-bond acceptors (Lipinski definition) is 3. The molecule has 1 rings (SSSR count). The molecule has 0 fully saturated rings. The van der Waals surface area contributed by atoms with Crippen molar-refractivity contribution in [3.8, 4) is 11.5 Å². The summed E-state index contributed by atoms with van der Waals surface area (Å²) in [6, 6.07) is 5.79. The molecule has 0 aliphatic rings. The Morgan fingerprint density at radius 3 is 2.68 bits per heavy atom. The molecule has 0 heterocycles. The van der Waals surface area contributed by atoms with E-state index in [1.54, 1.807) is 14.2 Å². The molecule has 0 radical (unpaired) electrons. The molecule has 0 unspecified atom stereocenters. The smallest absolute Gasteiger partial charge is 0.188 e. The monoisotopic (exact) mass is 307 g/mol.